The van der Waals surface area contributed by atoms with E-state index in [1.807, 2.05) is 32.8 Å². The van der Waals surface area contributed by atoms with Gasteiger partial charge in [-0.05, 0) is 106 Å². The van der Waals surface area contributed by atoms with Crippen LogP contribution >= 0.6 is 0 Å². The van der Waals surface area contributed by atoms with E-state index in [1.54, 1.807) is 27.9 Å². The summed E-state index contributed by atoms with van der Waals surface area (Å²) in [6.45, 7) is 18.7. The Morgan fingerprint density at radius 2 is 1.69 bits per heavy atom. The van der Waals surface area contributed by atoms with Crippen molar-refractivity contribution in [3.05, 3.63) is 0 Å². The summed E-state index contributed by atoms with van der Waals surface area (Å²) in [4.78, 5) is 34.9. The third-order valence-electron chi connectivity index (χ3n) is 11.1. The molecule has 0 aromatic rings. The first-order valence-electron chi connectivity index (χ1n) is 17.4. The van der Waals surface area contributed by atoms with Crippen molar-refractivity contribution < 1.29 is 33.6 Å². The molecule has 1 N–H and O–H groups in total. The number of nitrogens with zero attached hydrogens (tertiary/aromatic N) is 3. The molecule has 1 aliphatic carbocycles. The van der Waals surface area contributed by atoms with Gasteiger partial charge in [-0.25, -0.2) is 0 Å². The van der Waals surface area contributed by atoms with Crippen molar-refractivity contribution in [3.8, 4) is 0 Å². The summed E-state index contributed by atoms with van der Waals surface area (Å²) in [6, 6.07) is 0.460. The fourth-order valence-electron chi connectivity index (χ4n) is 7.99. The number of methoxy groups -OCH3 is 1. The van der Waals surface area contributed by atoms with Gasteiger partial charge in [0.15, 0.2) is 12.1 Å². The summed E-state index contributed by atoms with van der Waals surface area (Å²) < 4.78 is 25.2. The molecule has 2 saturated heterocycles. The predicted octanol–water partition coefficient (Wildman–Crippen LogP) is 3.83. The summed E-state index contributed by atoms with van der Waals surface area (Å²) >= 11 is 0. The molecule has 0 aromatic carbocycles. The first-order valence-corrected chi connectivity index (χ1v) is 17.4. The molecule has 2 aliphatic heterocycles. The second-order valence-corrected chi connectivity index (χ2v) is 15.4. The minimum absolute atomic E-state index is 0.0815. The Balaban J connectivity index is 2.00. The van der Waals surface area contributed by atoms with Gasteiger partial charge in [0.1, 0.15) is 18.1 Å². The Labute approximate surface area is 273 Å². The van der Waals surface area contributed by atoms with Gasteiger partial charge in [-0.15, -0.1) is 0 Å². The van der Waals surface area contributed by atoms with Crippen LogP contribution in [0.3, 0.4) is 0 Å². The average Bonchev–Trinajstić information content (AvgIpc) is 2.96. The second-order valence-electron chi connectivity index (χ2n) is 15.4. The van der Waals surface area contributed by atoms with Crippen molar-refractivity contribution in [3.63, 3.8) is 0 Å². The van der Waals surface area contributed by atoms with E-state index in [1.165, 1.54) is 0 Å². The summed E-state index contributed by atoms with van der Waals surface area (Å²) in [7, 11) is 7.70. The third-order valence-corrected chi connectivity index (χ3v) is 11.1. The van der Waals surface area contributed by atoms with E-state index in [2.05, 4.69) is 37.6 Å². The van der Waals surface area contributed by atoms with Gasteiger partial charge in [-0.1, -0.05) is 27.7 Å². The summed E-state index contributed by atoms with van der Waals surface area (Å²) in [5.74, 6) is -0.925. The number of likely N-dealkylation sites (N-methyl/N-ethyl adjacent to an activating group) is 1. The Morgan fingerprint density at radius 3 is 2.24 bits per heavy atom. The van der Waals surface area contributed by atoms with Gasteiger partial charge in [0.05, 0.1) is 17.8 Å². The summed E-state index contributed by atoms with van der Waals surface area (Å²) in [6.07, 6.45) is 1.61. The smallest absolute Gasteiger partial charge is 0.319 e. The molecule has 3 rings (SSSR count). The molecule has 2 heterocycles. The highest BCUT2D eigenvalue weighted by molar-refractivity contribution is 6.04. The number of hydrogen-bond acceptors (Lipinski definition) is 10. The Morgan fingerprint density at radius 1 is 1.04 bits per heavy atom. The zero-order chi connectivity index (χ0) is 33.9. The van der Waals surface area contributed by atoms with Crippen LogP contribution in [-0.4, -0.2) is 134 Å². The lowest BCUT2D eigenvalue weighted by Crippen LogP contribution is -2.59. The van der Waals surface area contributed by atoms with Crippen LogP contribution in [0.2, 0.25) is 0 Å². The number of carbonyl (C=O) groups excluding carboxylic acids is 2. The van der Waals surface area contributed by atoms with Gasteiger partial charge in [0, 0.05) is 37.7 Å². The molecule has 262 valence electrons. The molecule has 0 radical (unpaired) electrons. The number of esters is 1. The summed E-state index contributed by atoms with van der Waals surface area (Å²) in [5.41, 5.74) is -2.30. The number of rotatable bonds is 9. The van der Waals surface area contributed by atoms with Gasteiger partial charge < -0.3 is 33.9 Å². The fourth-order valence-corrected chi connectivity index (χ4v) is 7.99. The second kappa shape index (κ2) is 15.8. The molecule has 10 heteroatoms. The Hall–Kier alpha value is -1.14. The van der Waals surface area contributed by atoms with Crippen molar-refractivity contribution in [2.75, 3.05) is 54.5 Å². The van der Waals surface area contributed by atoms with Crippen LogP contribution in [0.25, 0.3) is 0 Å². The lowest BCUT2D eigenvalue weighted by Gasteiger charge is -2.48. The molecule has 3 aliphatic rings. The van der Waals surface area contributed by atoms with E-state index in [4.69, 9.17) is 18.9 Å². The maximum absolute atomic E-state index is 14.3. The number of aliphatic hydroxyl groups excluding tert-OH is 1. The zero-order valence-electron chi connectivity index (χ0n) is 30.4. The monoisotopic (exact) mass is 639 g/mol. The SMILES string of the molecule is CCCN1C[C@H](C)C[C@@](C)(OC)[C@H](O[C@@H]2O[C@H](C)C[C@H](N(C)C)[C@H]2O)[C@@H](C)C(=O)C(C)(C)C(=O)OC[C@H]1C1CC(N(C)CC)C1. The van der Waals surface area contributed by atoms with Gasteiger partial charge in [0.25, 0.3) is 0 Å². The van der Waals surface area contributed by atoms with Gasteiger partial charge in [-0.2, -0.15) is 0 Å². The van der Waals surface area contributed by atoms with Crippen molar-refractivity contribution in [2.45, 2.75) is 136 Å². The molecule has 10 nitrogen and oxygen atoms in total. The van der Waals surface area contributed by atoms with Crippen molar-refractivity contribution in [1.82, 2.24) is 14.7 Å². The van der Waals surface area contributed by atoms with Crippen LogP contribution in [0.15, 0.2) is 0 Å². The topological polar surface area (TPSA) is 101 Å². The first-order chi connectivity index (χ1) is 21.0. The molecule has 0 aromatic heterocycles. The van der Waals surface area contributed by atoms with E-state index in [0.717, 1.165) is 38.9 Å². The maximum Gasteiger partial charge on any atom is 0.319 e. The lowest BCUT2D eigenvalue weighted by atomic mass is 9.74. The predicted molar refractivity (Wildman–Crippen MR) is 176 cm³/mol. The molecule has 1 saturated carbocycles. The highest BCUT2D eigenvalue weighted by Gasteiger charge is 2.52. The number of Topliss-reactive ketones (excluding diaryl/α,β-unsaturated/α-hetero) is 1. The van der Waals surface area contributed by atoms with Crippen molar-refractivity contribution >= 4 is 11.8 Å². The van der Waals surface area contributed by atoms with Crippen LogP contribution in [-0.2, 0) is 28.5 Å². The largest absolute Gasteiger partial charge is 0.463 e. The normalized spacial score (nSPS) is 40.8. The quantitative estimate of drug-likeness (QED) is 0.296. The minimum Gasteiger partial charge on any atom is -0.463 e. The fraction of sp³-hybridized carbons (Fsp3) is 0.943. The lowest BCUT2D eigenvalue weighted by molar-refractivity contribution is -0.295. The van der Waals surface area contributed by atoms with Crippen LogP contribution in [0, 0.1) is 23.2 Å². The molecule has 0 unspecified atom stereocenters. The van der Waals surface area contributed by atoms with Crippen molar-refractivity contribution in [2.24, 2.45) is 23.2 Å². The van der Waals surface area contributed by atoms with Crippen LogP contribution < -0.4 is 0 Å². The molecule has 3 fully saturated rings. The maximum atomic E-state index is 14.3. The number of cyclic esters (lactones) is 1. The van der Waals surface area contributed by atoms with Crippen LogP contribution in [0.1, 0.15) is 87.5 Å². The summed E-state index contributed by atoms with van der Waals surface area (Å²) in [5, 5.41) is 11.4. The highest BCUT2D eigenvalue weighted by Crippen LogP contribution is 2.40. The molecule has 0 spiro atoms. The molecular weight excluding hydrogens is 574 g/mol. The molecule has 9 atom stereocenters. The van der Waals surface area contributed by atoms with E-state index in [-0.39, 0.29) is 36.5 Å². The minimum atomic E-state index is -1.40. The van der Waals surface area contributed by atoms with Gasteiger partial charge >= 0.3 is 5.97 Å². The molecule has 0 amide bonds. The third kappa shape index (κ3) is 8.67. The number of aliphatic hydroxyl groups is 1. The van der Waals surface area contributed by atoms with Crippen molar-refractivity contribution in [1.29, 1.82) is 0 Å². The highest BCUT2D eigenvalue weighted by atomic mass is 16.7. The Kier molecular flexibility index (Phi) is 13.5. The molecule has 45 heavy (non-hydrogen) atoms. The standard InChI is InChI=1S/C35H65N3O7/c1-13-15-38-20-22(3)19-35(8,42-12)31(45-32-29(39)27(36(9)10)16-23(4)44-32)24(5)30(40)34(6,7)33(41)43-21-28(38)25-17-26(18-25)37(11)14-2/h22-29,31-32,39H,13-21H2,1-12H3/t22-,23-,24+,25?,26?,27+,28+,29-,31-,32+,35-/m1/s1. The van der Waals surface area contributed by atoms with E-state index in [0.29, 0.717) is 24.8 Å². The zero-order valence-corrected chi connectivity index (χ0v) is 30.4. The van der Waals surface area contributed by atoms with Crippen LogP contribution in [0.5, 0.6) is 0 Å². The average molecular weight is 640 g/mol. The molecule has 0 bridgehead atoms. The first kappa shape index (κ1) is 38.3. The number of ether oxygens (including phenoxy) is 4. The van der Waals surface area contributed by atoms with Gasteiger partial charge in [0.2, 0.25) is 0 Å². The van der Waals surface area contributed by atoms with E-state index in [9.17, 15) is 14.7 Å². The van der Waals surface area contributed by atoms with Gasteiger partial charge in [-0.3, -0.25) is 14.5 Å². The Bertz CT molecular complexity index is 973. The van der Waals surface area contributed by atoms with E-state index < -0.39 is 41.4 Å². The number of ketones is 1. The number of carbonyl (C=O) groups is 2. The van der Waals surface area contributed by atoms with Crippen LogP contribution in [0.4, 0.5) is 0 Å². The molecular formula is C35H65N3O7. The number of hydrogen-bond donors (Lipinski definition) is 1. The van der Waals surface area contributed by atoms with E-state index >= 15 is 0 Å².